The number of esters is 2. The number of aromatic nitrogens is 8. The number of rotatable bonds is 21. The lowest BCUT2D eigenvalue weighted by Gasteiger charge is -2.27. The molecular weight excluding hydrogens is 1120 g/mol. The maximum absolute atomic E-state index is 13.7. The summed E-state index contributed by atoms with van der Waals surface area (Å²) in [6, 6.07) is 27.6. The molecule has 8 aromatic rings. The Morgan fingerprint density at radius 3 is 1.41 bits per heavy atom. The largest absolute Gasteiger partial charge is 0.506 e. The number of carbonyl (C=O) groups is 6. The van der Waals surface area contributed by atoms with E-state index in [0.717, 1.165) is 48.8 Å². The van der Waals surface area contributed by atoms with Gasteiger partial charge in [0.05, 0.1) is 16.9 Å². The first-order valence-corrected chi connectivity index (χ1v) is 28.6. The van der Waals surface area contributed by atoms with Gasteiger partial charge in [0, 0.05) is 76.2 Å². The molecule has 0 aliphatic heterocycles. The van der Waals surface area contributed by atoms with Crippen molar-refractivity contribution in [3.05, 3.63) is 126 Å². The molecule has 28 heteroatoms. The van der Waals surface area contributed by atoms with Gasteiger partial charge < -0.3 is 31.2 Å². The van der Waals surface area contributed by atoms with Gasteiger partial charge in [-0.15, -0.1) is 10.2 Å². The van der Waals surface area contributed by atoms with Crippen molar-refractivity contribution in [3.63, 3.8) is 0 Å². The van der Waals surface area contributed by atoms with Gasteiger partial charge in [0.15, 0.2) is 0 Å². The third kappa shape index (κ3) is 14.8. The molecule has 6 aromatic carbocycles. The molecule has 0 bridgehead atoms. The normalized spacial score (nSPS) is 11.9. The van der Waals surface area contributed by atoms with Crippen LogP contribution in [0.15, 0.2) is 126 Å². The van der Waals surface area contributed by atoms with Crippen molar-refractivity contribution in [3.8, 4) is 23.0 Å². The summed E-state index contributed by atoms with van der Waals surface area (Å²) in [6.07, 6.45) is 5.68. The average Bonchev–Trinajstić information content (AvgIpc) is 4.09. The van der Waals surface area contributed by atoms with Gasteiger partial charge >= 0.3 is 11.9 Å². The monoisotopic (exact) mass is 1180 g/mol. The van der Waals surface area contributed by atoms with E-state index >= 15 is 0 Å². The number of nitrogens with zero attached hydrogens (tertiary/aromatic N) is 10. The zero-order chi connectivity index (χ0) is 59.3. The van der Waals surface area contributed by atoms with Gasteiger partial charge in [-0.05, 0) is 89.7 Å². The molecule has 0 spiro atoms. The standard InChI is InChI=1S/C31H37N7O7S2.C23H20N6O5S/c1-4-5-6-7-8-11-18-47(43,44)34-21-14-16-22(17-15-21)38(31(42)46-30-33-35-36-37(30)3)20(2)29(41)45-26-19-25(28(32)40)27(39)24-13-10-9-12-23(24)26;1-13(29(14-8-4-3-5-9-14)23(33)35-22-25-26-27-28(22)2)21(32)34-18-12-17(20(24)31)19(30)16-11-7-6-10-15(16)18/h9-10,12-17,19-20,34,39H,4-8,11,18H2,1-3H3,(H2,32,40);3-13,30H,1-2H3,(H2,24,31). The van der Waals surface area contributed by atoms with Crippen LogP contribution in [-0.2, 0) is 33.7 Å². The number of hydrogen-bond acceptors (Lipinski definition) is 20. The molecule has 2 heterocycles. The predicted octanol–water partition coefficient (Wildman–Crippen LogP) is 7.86. The number of para-hydroxylation sites is 1. The summed E-state index contributed by atoms with van der Waals surface area (Å²) in [6.45, 7) is 5.08. The molecule has 7 N–H and O–H groups in total. The molecule has 2 unspecified atom stereocenters. The molecule has 0 radical (unpaired) electrons. The highest BCUT2D eigenvalue weighted by molar-refractivity contribution is 8.14. The number of sulfonamides is 1. The van der Waals surface area contributed by atoms with Gasteiger partial charge in [-0.2, -0.15) is 0 Å². The van der Waals surface area contributed by atoms with Gasteiger partial charge in [-0.1, -0.05) is 106 Å². The fourth-order valence-corrected chi connectivity index (χ4v) is 10.9. The highest BCUT2D eigenvalue weighted by Crippen LogP contribution is 2.38. The van der Waals surface area contributed by atoms with Crippen molar-refractivity contribution in [1.82, 2.24) is 40.4 Å². The lowest BCUT2D eigenvalue weighted by molar-refractivity contribution is -0.136. The molecule has 2 aromatic heterocycles. The molecule has 0 fully saturated rings. The summed E-state index contributed by atoms with van der Waals surface area (Å²) < 4.78 is 41.9. The van der Waals surface area contributed by atoms with Crippen LogP contribution >= 0.6 is 23.5 Å². The van der Waals surface area contributed by atoms with Crippen LogP contribution in [0, 0.1) is 0 Å². The summed E-state index contributed by atoms with van der Waals surface area (Å²) in [4.78, 5) is 80.1. The van der Waals surface area contributed by atoms with Gasteiger partial charge in [-0.3, -0.25) is 33.7 Å². The Kier molecular flexibility index (Phi) is 20.2. The first-order chi connectivity index (χ1) is 39.2. The fourth-order valence-electron chi connectivity index (χ4n) is 8.22. The van der Waals surface area contributed by atoms with Crippen molar-refractivity contribution >= 4 is 106 Å². The number of unbranched alkanes of at least 4 members (excludes halogenated alkanes) is 5. The number of aromatic hydroxyl groups is 2. The first kappa shape index (κ1) is 60.5. The molecule has 0 aliphatic rings. The van der Waals surface area contributed by atoms with Crippen molar-refractivity contribution in [2.45, 2.75) is 81.7 Å². The molecule has 25 nitrogen and oxygen atoms in total. The number of benzene rings is 6. The number of amides is 4. The maximum atomic E-state index is 13.7. The Balaban J connectivity index is 0.000000246. The summed E-state index contributed by atoms with van der Waals surface area (Å²) in [5.74, 6) is -4.15. The minimum atomic E-state index is -3.60. The Morgan fingerprint density at radius 1 is 0.598 bits per heavy atom. The lowest BCUT2D eigenvalue weighted by atomic mass is 10.0. The molecule has 2 atom stereocenters. The van der Waals surface area contributed by atoms with E-state index in [9.17, 15) is 47.4 Å². The molecule has 0 aliphatic carbocycles. The quantitative estimate of drug-likeness (QED) is 0.0198. The van der Waals surface area contributed by atoms with Gasteiger partial charge in [0.25, 0.3) is 22.3 Å². The predicted molar refractivity (Wildman–Crippen MR) is 307 cm³/mol. The van der Waals surface area contributed by atoms with Crippen molar-refractivity contribution in [1.29, 1.82) is 0 Å². The van der Waals surface area contributed by atoms with Crippen LogP contribution in [0.25, 0.3) is 21.5 Å². The van der Waals surface area contributed by atoms with Crippen LogP contribution in [0.1, 0.15) is 80.0 Å². The zero-order valence-electron chi connectivity index (χ0n) is 44.9. The summed E-state index contributed by atoms with van der Waals surface area (Å²) in [5, 5.41) is 43.7. The fraction of sp³-hybridized carbons (Fsp3) is 0.259. The van der Waals surface area contributed by atoms with E-state index in [1.807, 2.05) is 0 Å². The number of hydrogen-bond donors (Lipinski definition) is 5. The number of nitrogens with one attached hydrogen (secondary N) is 1. The number of tetrazole rings is 2. The van der Waals surface area contributed by atoms with Gasteiger partial charge in [0.2, 0.25) is 20.3 Å². The lowest BCUT2D eigenvalue weighted by Crippen LogP contribution is -2.43. The number of anilines is 3. The number of thioether (sulfide) groups is 2. The van der Waals surface area contributed by atoms with Crippen LogP contribution in [0.5, 0.6) is 23.0 Å². The first-order valence-electron chi connectivity index (χ1n) is 25.3. The Morgan fingerprint density at radius 2 is 1.00 bits per heavy atom. The third-order valence-corrected chi connectivity index (χ3v) is 15.7. The Bertz CT molecular complexity index is 3750. The van der Waals surface area contributed by atoms with E-state index in [4.69, 9.17) is 20.9 Å². The maximum Gasteiger partial charge on any atom is 0.334 e. The van der Waals surface area contributed by atoms with Crippen molar-refractivity contribution in [2.24, 2.45) is 25.6 Å². The number of aryl methyl sites for hydroxylation is 2. The third-order valence-electron chi connectivity index (χ3n) is 12.5. The van der Waals surface area contributed by atoms with E-state index in [0.29, 0.717) is 45.7 Å². The molecule has 8 rings (SSSR count). The molecule has 428 valence electrons. The van der Waals surface area contributed by atoms with Crippen LogP contribution in [-0.4, -0.2) is 111 Å². The smallest absolute Gasteiger partial charge is 0.334 e. The van der Waals surface area contributed by atoms with Crippen LogP contribution < -0.4 is 35.5 Å². The number of ether oxygens (including phenoxy) is 2. The second-order valence-electron chi connectivity index (χ2n) is 18.3. The van der Waals surface area contributed by atoms with Gasteiger partial charge in [-0.25, -0.2) is 27.4 Å². The highest BCUT2D eigenvalue weighted by atomic mass is 32.2. The molecule has 0 saturated heterocycles. The summed E-state index contributed by atoms with van der Waals surface area (Å²) in [5.41, 5.74) is 11.4. The van der Waals surface area contributed by atoms with Gasteiger partial charge in [0.1, 0.15) is 35.1 Å². The Hall–Kier alpha value is -9.15. The molecule has 0 saturated carbocycles. The SMILES string of the molecule is CC(C(=O)Oc1cc(C(N)=O)c(O)c2ccccc12)N(C(=O)Sc1nnnn1C)c1ccccc1.CCCCCCCCS(=O)(=O)Nc1ccc(N(C(=O)Sc2nnnn2C)C(C)C(=O)Oc2cc(C(N)=O)c(O)c3ccccc23)cc1. The van der Waals surface area contributed by atoms with E-state index in [1.165, 1.54) is 64.5 Å². The molecular formula is C54H57N13O12S3. The summed E-state index contributed by atoms with van der Waals surface area (Å²) >= 11 is 1.43. The minimum Gasteiger partial charge on any atom is -0.506 e. The second kappa shape index (κ2) is 27.3. The van der Waals surface area contributed by atoms with Crippen molar-refractivity contribution < 1.29 is 56.9 Å². The van der Waals surface area contributed by atoms with Crippen LogP contribution in [0.4, 0.5) is 26.7 Å². The van der Waals surface area contributed by atoms with Crippen molar-refractivity contribution in [2.75, 3.05) is 20.3 Å². The average molecular weight is 1180 g/mol. The van der Waals surface area contributed by atoms with E-state index in [1.54, 1.807) is 93.0 Å². The number of fused-ring (bicyclic) bond motifs is 2. The Labute approximate surface area is 478 Å². The van der Waals surface area contributed by atoms with Crippen LogP contribution in [0.3, 0.4) is 0 Å². The van der Waals surface area contributed by atoms with E-state index < -0.39 is 56.3 Å². The second-order valence-corrected chi connectivity index (χ2v) is 22.0. The number of primary amides is 2. The topological polar surface area (TPSA) is 353 Å². The number of phenols is 2. The molecule has 82 heavy (non-hydrogen) atoms. The van der Waals surface area contributed by atoms with Crippen LogP contribution in [0.2, 0.25) is 0 Å². The highest BCUT2D eigenvalue weighted by Gasteiger charge is 2.34. The number of nitrogens with two attached hydrogens (primary N) is 2. The zero-order valence-corrected chi connectivity index (χ0v) is 47.4. The van der Waals surface area contributed by atoms with E-state index in [2.05, 4.69) is 42.7 Å². The van der Waals surface area contributed by atoms with E-state index in [-0.39, 0.29) is 61.3 Å². The minimum absolute atomic E-state index is 0.0137. The summed E-state index contributed by atoms with van der Waals surface area (Å²) in [7, 11) is -0.454. The number of carbonyl (C=O) groups excluding carboxylic acids is 6. The molecule has 4 amide bonds.